The molecule has 1 aliphatic heterocycles. The van der Waals surface area contributed by atoms with E-state index in [1.807, 2.05) is 6.92 Å². The number of aryl methyl sites for hydroxylation is 1. The van der Waals surface area contributed by atoms with E-state index in [2.05, 4.69) is 5.16 Å². The molecule has 134 valence electrons. The molecule has 7 heteroatoms. The molecule has 2 aromatic rings. The van der Waals surface area contributed by atoms with Crippen molar-refractivity contribution in [3.63, 3.8) is 0 Å². The number of likely N-dealkylation sites (tertiary alicyclic amines) is 1. The Labute approximate surface area is 144 Å². The Kier molecular flexibility index (Phi) is 4.65. The molecule has 1 saturated heterocycles. The van der Waals surface area contributed by atoms with Gasteiger partial charge in [-0.15, -0.1) is 0 Å². The van der Waals surface area contributed by atoms with Gasteiger partial charge in [0.25, 0.3) is 5.56 Å². The Bertz CT molecular complexity index is 798. The minimum Gasteiger partial charge on any atom is -0.465 e. The van der Waals surface area contributed by atoms with Gasteiger partial charge in [0.2, 0.25) is 0 Å². The summed E-state index contributed by atoms with van der Waals surface area (Å²) in [6, 6.07) is 7.68. The van der Waals surface area contributed by atoms with Crippen LogP contribution in [0, 0.1) is 5.82 Å². The van der Waals surface area contributed by atoms with Gasteiger partial charge in [0.15, 0.2) is 0 Å². The molecule has 1 aromatic heterocycles. The molecule has 0 unspecified atom stereocenters. The van der Waals surface area contributed by atoms with E-state index in [-0.39, 0.29) is 17.3 Å². The van der Waals surface area contributed by atoms with Gasteiger partial charge >= 0.3 is 6.09 Å². The molecule has 1 aliphatic rings. The number of piperidine rings is 1. The first kappa shape index (κ1) is 17.3. The molecular formula is C18H21FN2O4. The molecule has 2 atom stereocenters. The first-order chi connectivity index (χ1) is 11.9. The molecule has 1 fully saturated rings. The van der Waals surface area contributed by atoms with E-state index in [0.717, 1.165) is 5.56 Å². The average Bonchev–Trinajstić information content (AvgIpc) is 3.00. The number of amides is 1. The van der Waals surface area contributed by atoms with Crippen LogP contribution in [-0.4, -0.2) is 33.3 Å². The molecule has 2 N–H and O–H groups in total. The number of H-pyrrole nitrogens is 1. The predicted octanol–water partition coefficient (Wildman–Crippen LogP) is 3.36. The van der Waals surface area contributed by atoms with Gasteiger partial charge in [0.05, 0.1) is 0 Å². The summed E-state index contributed by atoms with van der Waals surface area (Å²) in [4.78, 5) is 24.5. The average molecular weight is 348 g/mol. The Morgan fingerprint density at radius 2 is 2.16 bits per heavy atom. The third-order valence-electron chi connectivity index (χ3n) is 5.08. The maximum Gasteiger partial charge on any atom is 0.407 e. The minimum atomic E-state index is -0.949. The van der Waals surface area contributed by atoms with Crippen molar-refractivity contribution in [2.75, 3.05) is 6.54 Å². The van der Waals surface area contributed by atoms with Crippen molar-refractivity contribution < 1.29 is 18.8 Å². The van der Waals surface area contributed by atoms with Crippen molar-refractivity contribution in [1.82, 2.24) is 10.1 Å². The second-order valence-corrected chi connectivity index (χ2v) is 6.86. The van der Waals surface area contributed by atoms with Crippen LogP contribution in [0.3, 0.4) is 0 Å². The first-order valence-corrected chi connectivity index (χ1v) is 8.31. The Balaban J connectivity index is 1.77. The molecule has 6 nitrogen and oxygen atoms in total. The van der Waals surface area contributed by atoms with Gasteiger partial charge in [-0.25, -0.2) is 9.18 Å². The van der Waals surface area contributed by atoms with Crippen LogP contribution in [0.5, 0.6) is 0 Å². The topological polar surface area (TPSA) is 86.5 Å². The number of rotatable bonds is 4. The largest absolute Gasteiger partial charge is 0.465 e. The van der Waals surface area contributed by atoms with Crippen molar-refractivity contribution in [3.8, 4) is 0 Å². The zero-order chi connectivity index (χ0) is 18.0. The lowest BCUT2D eigenvalue weighted by Gasteiger charge is -2.46. The highest BCUT2D eigenvalue weighted by molar-refractivity contribution is 5.66. The van der Waals surface area contributed by atoms with Crippen molar-refractivity contribution in [2.24, 2.45) is 0 Å². The molecule has 2 heterocycles. The van der Waals surface area contributed by atoms with Crippen LogP contribution in [0.25, 0.3) is 0 Å². The predicted molar refractivity (Wildman–Crippen MR) is 89.2 cm³/mol. The van der Waals surface area contributed by atoms with Gasteiger partial charge in [-0.3, -0.25) is 4.79 Å². The van der Waals surface area contributed by atoms with Gasteiger partial charge in [0.1, 0.15) is 11.6 Å². The SMILES string of the molecule is C[C@@]1(CCc2ccc(F)cc2)C[C@H](c2cc(=O)[nH]o2)CCN1C(=O)O. The highest BCUT2D eigenvalue weighted by Crippen LogP contribution is 2.40. The van der Waals surface area contributed by atoms with E-state index in [0.29, 0.717) is 38.0 Å². The zero-order valence-corrected chi connectivity index (χ0v) is 14.0. The normalized spacial score (nSPS) is 23.6. The van der Waals surface area contributed by atoms with Gasteiger partial charge in [0, 0.05) is 24.1 Å². The number of hydrogen-bond acceptors (Lipinski definition) is 3. The standard InChI is InChI=1S/C18H21FN2O4/c1-18(8-6-12-2-4-14(19)5-3-12)11-13(7-9-21(18)17(23)24)15-10-16(22)20-25-15/h2-5,10,13H,6-9,11H2,1H3,(H,20,22)(H,23,24)/t13-,18-/m1/s1. The van der Waals surface area contributed by atoms with Gasteiger partial charge in [-0.1, -0.05) is 12.1 Å². The number of halogens is 1. The fourth-order valence-electron chi connectivity index (χ4n) is 3.67. The third-order valence-corrected chi connectivity index (χ3v) is 5.08. The van der Waals surface area contributed by atoms with Crippen molar-refractivity contribution in [1.29, 1.82) is 0 Å². The molecule has 0 radical (unpaired) electrons. The van der Waals surface area contributed by atoms with E-state index < -0.39 is 11.6 Å². The van der Waals surface area contributed by atoms with E-state index in [9.17, 15) is 19.1 Å². The van der Waals surface area contributed by atoms with Crippen LogP contribution in [0.4, 0.5) is 9.18 Å². The van der Waals surface area contributed by atoms with Crippen LogP contribution in [0.1, 0.15) is 43.4 Å². The van der Waals surface area contributed by atoms with Crippen LogP contribution >= 0.6 is 0 Å². The highest BCUT2D eigenvalue weighted by Gasteiger charge is 2.42. The summed E-state index contributed by atoms with van der Waals surface area (Å²) in [5, 5.41) is 11.9. The first-order valence-electron chi connectivity index (χ1n) is 8.31. The number of hydrogen-bond donors (Lipinski definition) is 2. The fraction of sp³-hybridized carbons (Fsp3) is 0.444. The van der Waals surface area contributed by atoms with E-state index in [4.69, 9.17) is 4.52 Å². The molecule has 1 aromatic carbocycles. The monoisotopic (exact) mass is 348 g/mol. The lowest BCUT2D eigenvalue weighted by atomic mass is 9.77. The van der Waals surface area contributed by atoms with Crippen molar-refractivity contribution in [3.05, 3.63) is 57.8 Å². The smallest absolute Gasteiger partial charge is 0.407 e. The second-order valence-electron chi connectivity index (χ2n) is 6.86. The second kappa shape index (κ2) is 6.74. The molecule has 0 aliphatic carbocycles. The minimum absolute atomic E-state index is 0.00670. The fourth-order valence-corrected chi connectivity index (χ4v) is 3.67. The lowest BCUT2D eigenvalue weighted by Crippen LogP contribution is -2.54. The van der Waals surface area contributed by atoms with Crippen molar-refractivity contribution >= 4 is 6.09 Å². The molecule has 0 spiro atoms. The number of benzene rings is 1. The Morgan fingerprint density at radius 3 is 2.76 bits per heavy atom. The van der Waals surface area contributed by atoms with Crippen LogP contribution in [-0.2, 0) is 6.42 Å². The summed E-state index contributed by atoms with van der Waals surface area (Å²) in [5.74, 6) is 0.276. The van der Waals surface area contributed by atoms with Gasteiger partial charge < -0.3 is 14.5 Å². The molecule has 25 heavy (non-hydrogen) atoms. The summed E-state index contributed by atoms with van der Waals surface area (Å²) in [6.45, 7) is 2.30. The molecule has 0 saturated carbocycles. The summed E-state index contributed by atoms with van der Waals surface area (Å²) in [7, 11) is 0. The summed E-state index contributed by atoms with van der Waals surface area (Å²) in [6.07, 6.45) is 1.48. The van der Waals surface area contributed by atoms with Crippen molar-refractivity contribution in [2.45, 2.75) is 44.1 Å². The summed E-state index contributed by atoms with van der Waals surface area (Å²) in [5.41, 5.74) is 0.0887. The number of carbonyl (C=O) groups is 1. The number of nitrogens with zero attached hydrogens (tertiary/aromatic N) is 1. The van der Waals surface area contributed by atoms with E-state index in [1.165, 1.54) is 23.1 Å². The maximum atomic E-state index is 13.0. The number of nitrogens with one attached hydrogen (secondary N) is 1. The maximum absolute atomic E-state index is 13.0. The number of aromatic nitrogens is 1. The van der Waals surface area contributed by atoms with Gasteiger partial charge in [-0.05, 0) is 50.3 Å². The van der Waals surface area contributed by atoms with E-state index >= 15 is 0 Å². The lowest BCUT2D eigenvalue weighted by molar-refractivity contribution is 0.0411. The Morgan fingerprint density at radius 1 is 1.44 bits per heavy atom. The van der Waals surface area contributed by atoms with Crippen LogP contribution in [0.2, 0.25) is 0 Å². The number of carboxylic acid groups (broad SMARTS) is 1. The zero-order valence-electron chi connectivity index (χ0n) is 14.0. The Hall–Kier alpha value is -2.57. The molecule has 0 bridgehead atoms. The highest BCUT2D eigenvalue weighted by atomic mass is 19.1. The van der Waals surface area contributed by atoms with Crippen LogP contribution in [0.15, 0.2) is 39.6 Å². The quantitative estimate of drug-likeness (QED) is 0.887. The van der Waals surface area contributed by atoms with Crippen LogP contribution < -0.4 is 5.56 Å². The summed E-state index contributed by atoms with van der Waals surface area (Å²) < 4.78 is 18.3. The molecule has 1 amide bonds. The molecular weight excluding hydrogens is 327 g/mol. The third kappa shape index (κ3) is 3.75. The van der Waals surface area contributed by atoms with Gasteiger partial charge in [-0.2, -0.15) is 5.16 Å². The molecule has 3 rings (SSSR count). The number of aromatic amines is 1. The van der Waals surface area contributed by atoms with E-state index in [1.54, 1.807) is 12.1 Å². The summed E-state index contributed by atoms with van der Waals surface area (Å²) >= 11 is 0.